The highest BCUT2D eigenvalue weighted by molar-refractivity contribution is 7.89. The number of aromatic nitrogens is 4. The van der Waals surface area contributed by atoms with Crippen LogP contribution in [0.2, 0.25) is 5.15 Å². The molecule has 0 amide bonds. The van der Waals surface area contributed by atoms with Gasteiger partial charge in [0.15, 0.2) is 5.82 Å². The van der Waals surface area contributed by atoms with Gasteiger partial charge in [0.1, 0.15) is 16.5 Å². The molecular weight excluding hydrogens is 338 g/mol. The number of hydrogen-bond donors (Lipinski definition) is 1. The average Bonchev–Trinajstić information content (AvgIpc) is 3.22. The Hall–Kier alpha value is -2.03. The molecular formula is C14H12ClN5O2S. The second-order valence-electron chi connectivity index (χ2n) is 5.33. The number of fused-ring (bicyclic) bond motifs is 1. The fourth-order valence-electron chi connectivity index (χ4n) is 2.23. The molecule has 1 saturated carbocycles. The summed E-state index contributed by atoms with van der Waals surface area (Å²) in [5.41, 5.74) is 1.18. The van der Waals surface area contributed by atoms with Crippen molar-refractivity contribution < 1.29 is 8.42 Å². The van der Waals surface area contributed by atoms with Gasteiger partial charge in [-0.2, -0.15) is 0 Å². The predicted octanol–water partition coefficient (Wildman–Crippen LogP) is 1.89. The third-order valence-corrected chi connectivity index (χ3v) is 5.25. The van der Waals surface area contributed by atoms with Gasteiger partial charge in [-0.15, -0.1) is 0 Å². The molecule has 1 N–H and O–H groups in total. The van der Waals surface area contributed by atoms with Crippen molar-refractivity contribution >= 4 is 27.3 Å². The highest BCUT2D eigenvalue weighted by Gasteiger charge is 2.28. The Morgan fingerprint density at radius 3 is 2.78 bits per heavy atom. The van der Waals surface area contributed by atoms with Crippen LogP contribution in [0, 0.1) is 0 Å². The molecule has 0 saturated heterocycles. The second-order valence-corrected chi connectivity index (χ2v) is 7.44. The van der Waals surface area contributed by atoms with Crippen molar-refractivity contribution in [1.82, 2.24) is 24.1 Å². The first-order valence-electron chi connectivity index (χ1n) is 7.01. The average molecular weight is 350 g/mol. The first-order chi connectivity index (χ1) is 11.0. The van der Waals surface area contributed by atoms with Crippen LogP contribution in [-0.4, -0.2) is 33.8 Å². The Bertz CT molecular complexity index is 997. The van der Waals surface area contributed by atoms with E-state index in [4.69, 9.17) is 11.6 Å². The summed E-state index contributed by atoms with van der Waals surface area (Å²) in [7, 11) is -3.54. The summed E-state index contributed by atoms with van der Waals surface area (Å²) < 4.78 is 29.0. The minimum Gasteiger partial charge on any atom is -0.295 e. The molecule has 7 nitrogen and oxygen atoms in total. The summed E-state index contributed by atoms with van der Waals surface area (Å²) >= 11 is 5.89. The molecule has 4 rings (SSSR count). The molecule has 1 aliphatic carbocycles. The number of halogens is 1. The molecule has 3 aromatic rings. The molecule has 118 valence electrons. The van der Waals surface area contributed by atoms with E-state index >= 15 is 0 Å². The zero-order chi connectivity index (χ0) is 16.0. The van der Waals surface area contributed by atoms with Gasteiger partial charge in [0, 0.05) is 18.4 Å². The standard InChI is InChI=1S/C14H12ClN5O2S/c15-12-5-6-16-14(18-12)11-7-17-13-4-3-10(8-20(11)13)23(21,22)19-9-1-2-9/h3-9,19H,1-2H2. The van der Waals surface area contributed by atoms with Gasteiger partial charge in [-0.25, -0.2) is 28.1 Å². The number of hydrogen-bond acceptors (Lipinski definition) is 5. The summed E-state index contributed by atoms with van der Waals surface area (Å²) in [6.07, 6.45) is 6.42. The SMILES string of the molecule is O=S(=O)(NC1CC1)c1ccc2ncc(-c3nccc(Cl)n3)n2c1. The molecule has 0 unspecified atom stereocenters. The van der Waals surface area contributed by atoms with E-state index in [9.17, 15) is 8.42 Å². The van der Waals surface area contributed by atoms with Crippen molar-refractivity contribution in [2.45, 2.75) is 23.8 Å². The lowest BCUT2D eigenvalue weighted by atomic mass is 10.4. The van der Waals surface area contributed by atoms with E-state index in [1.807, 2.05) is 0 Å². The minimum atomic E-state index is -3.54. The zero-order valence-electron chi connectivity index (χ0n) is 11.8. The molecule has 0 radical (unpaired) electrons. The zero-order valence-corrected chi connectivity index (χ0v) is 13.4. The lowest BCUT2D eigenvalue weighted by Gasteiger charge is -2.07. The number of nitrogens with one attached hydrogen (secondary N) is 1. The monoisotopic (exact) mass is 349 g/mol. The number of pyridine rings is 1. The van der Waals surface area contributed by atoms with E-state index in [0.717, 1.165) is 12.8 Å². The van der Waals surface area contributed by atoms with Gasteiger partial charge in [-0.1, -0.05) is 11.6 Å². The van der Waals surface area contributed by atoms with E-state index in [1.54, 1.807) is 28.9 Å². The van der Waals surface area contributed by atoms with Crippen LogP contribution in [0.3, 0.4) is 0 Å². The fraction of sp³-hybridized carbons (Fsp3) is 0.214. The van der Waals surface area contributed by atoms with E-state index in [2.05, 4.69) is 19.7 Å². The highest BCUT2D eigenvalue weighted by atomic mass is 35.5. The van der Waals surface area contributed by atoms with Crippen LogP contribution in [0.1, 0.15) is 12.8 Å². The van der Waals surface area contributed by atoms with Gasteiger partial charge in [0.05, 0.1) is 11.1 Å². The lowest BCUT2D eigenvalue weighted by Crippen LogP contribution is -2.25. The van der Waals surface area contributed by atoms with Gasteiger partial charge < -0.3 is 0 Å². The summed E-state index contributed by atoms with van der Waals surface area (Å²) in [5, 5.41) is 0.309. The largest absolute Gasteiger partial charge is 0.295 e. The van der Waals surface area contributed by atoms with Crippen LogP contribution >= 0.6 is 11.6 Å². The van der Waals surface area contributed by atoms with Crippen LogP contribution < -0.4 is 4.72 Å². The molecule has 1 fully saturated rings. The van der Waals surface area contributed by atoms with E-state index in [-0.39, 0.29) is 10.9 Å². The van der Waals surface area contributed by atoms with Crippen molar-refractivity contribution in [2.24, 2.45) is 0 Å². The number of rotatable bonds is 4. The Morgan fingerprint density at radius 2 is 2.04 bits per heavy atom. The van der Waals surface area contributed by atoms with Gasteiger partial charge in [-0.3, -0.25) is 4.40 Å². The summed E-state index contributed by atoms with van der Waals surface area (Å²) in [6.45, 7) is 0. The predicted molar refractivity (Wildman–Crippen MR) is 84.6 cm³/mol. The molecule has 0 bridgehead atoms. The normalized spacial score (nSPS) is 15.2. The van der Waals surface area contributed by atoms with E-state index < -0.39 is 10.0 Å². The summed E-state index contributed by atoms with van der Waals surface area (Å²) in [5.74, 6) is 0.384. The van der Waals surface area contributed by atoms with Crippen molar-refractivity contribution in [3.05, 3.63) is 41.9 Å². The van der Waals surface area contributed by atoms with E-state index in [0.29, 0.717) is 22.3 Å². The molecule has 0 aromatic carbocycles. The molecule has 0 spiro atoms. The summed E-state index contributed by atoms with van der Waals surface area (Å²) in [4.78, 5) is 12.7. The number of imidazole rings is 1. The van der Waals surface area contributed by atoms with E-state index in [1.165, 1.54) is 12.3 Å². The van der Waals surface area contributed by atoms with Crippen LogP contribution in [0.25, 0.3) is 17.2 Å². The quantitative estimate of drug-likeness (QED) is 0.726. The Labute approximate surface area is 137 Å². The summed E-state index contributed by atoms with van der Waals surface area (Å²) in [6, 6.07) is 4.81. The molecule has 0 atom stereocenters. The smallest absolute Gasteiger partial charge is 0.242 e. The van der Waals surface area contributed by atoms with Gasteiger partial charge in [0.2, 0.25) is 10.0 Å². The Kier molecular flexibility index (Phi) is 3.33. The van der Waals surface area contributed by atoms with Crippen LogP contribution in [0.15, 0.2) is 41.7 Å². The second kappa shape index (κ2) is 5.26. The minimum absolute atomic E-state index is 0.0502. The maximum atomic E-state index is 12.4. The van der Waals surface area contributed by atoms with Gasteiger partial charge in [0.25, 0.3) is 0 Å². The molecule has 0 aliphatic heterocycles. The van der Waals surface area contributed by atoms with Crippen LogP contribution in [0.4, 0.5) is 0 Å². The molecule has 3 heterocycles. The molecule has 1 aliphatic rings. The molecule has 9 heteroatoms. The van der Waals surface area contributed by atoms with Crippen molar-refractivity contribution in [1.29, 1.82) is 0 Å². The highest BCUT2D eigenvalue weighted by Crippen LogP contribution is 2.24. The van der Waals surface area contributed by atoms with Crippen molar-refractivity contribution in [2.75, 3.05) is 0 Å². The topological polar surface area (TPSA) is 89.2 Å². The fourth-order valence-corrected chi connectivity index (χ4v) is 3.67. The third kappa shape index (κ3) is 2.80. The first kappa shape index (κ1) is 14.6. The molecule has 3 aromatic heterocycles. The number of sulfonamides is 1. The number of nitrogens with zero attached hydrogens (tertiary/aromatic N) is 4. The Balaban J connectivity index is 1.83. The van der Waals surface area contributed by atoms with Gasteiger partial charge in [-0.05, 0) is 31.0 Å². The van der Waals surface area contributed by atoms with Crippen LogP contribution in [-0.2, 0) is 10.0 Å². The first-order valence-corrected chi connectivity index (χ1v) is 8.87. The maximum absolute atomic E-state index is 12.4. The molecule has 23 heavy (non-hydrogen) atoms. The van der Waals surface area contributed by atoms with Crippen molar-refractivity contribution in [3.8, 4) is 11.5 Å². The van der Waals surface area contributed by atoms with Crippen molar-refractivity contribution in [3.63, 3.8) is 0 Å². The Morgan fingerprint density at radius 1 is 1.22 bits per heavy atom. The van der Waals surface area contributed by atoms with Gasteiger partial charge >= 0.3 is 0 Å². The third-order valence-electron chi connectivity index (χ3n) is 3.54. The maximum Gasteiger partial charge on any atom is 0.242 e. The lowest BCUT2D eigenvalue weighted by molar-refractivity contribution is 0.580. The van der Waals surface area contributed by atoms with Crippen LogP contribution in [0.5, 0.6) is 0 Å².